The Hall–Kier alpha value is -4.83. The van der Waals surface area contributed by atoms with Crippen LogP contribution in [0.1, 0.15) is 23.1 Å². The first-order valence-electron chi connectivity index (χ1n) is 12.5. The molecule has 0 amide bonds. The number of furan rings is 1. The van der Waals surface area contributed by atoms with Crippen molar-refractivity contribution in [2.75, 3.05) is 6.54 Å². The molecule has 0 fully saturated rings. The zero-order valence-corrected chi connectivity index (χ0v) is 20.1. The minimum absolute atomic E-state index is 0.625. The molecule has 0 saturated carbocycles. The van der Waals surface area contributed by atoms with Gasteiger partial charge in [0.25, 0.3) is 0 Å². The lowest BCUT2D eigenvalue weighted by Crippen LogP contribution is -2.14. The molecule has 4 heteroatoms. The number of nitrogens with zero attached hydrogens (tertiary/aromatic N) is 3. The van der Waals surface area contributed by atoms with Crippen molar-refractivity contribution in [3.63, 3.8) is 0 Å². The van der Waals surface area contributed by atoms with Gasteiger partial charge in [-0.15, -0.1) is 0 Å². The van der Waals surface area contributed by atoms with E-state index in [9.17, 15) is 0 Å². The summed E-state index contributed by atoms with van der Waals surface area (Å²) in [5.74, 6) is 1.34. The molecule has 1 aromatic heterocycles. The molecule has 0 bridgehead atoms. The molecule has 6 aromatic rings. The highest BCUT2D eigenvalue weighted by molar-refractivity contribution is 6.26. The summed E-state index contributed by atoms with van der Waals surface area (Å²) in [5, 5.41) is 4.33. The van der Waals surface area contributed by atoms with Gasteiger partial charge in [0.1, 0.15) is 11.2 Å². The van der Waals surface area contributed by atoms with Crippen molar-refractivity contribution in [2.24, 2.45) is 15.0 Å². The maximum atomic E-state index is 6.44. The molecule has 0 spiro atoms. The highest BCUT2D eigenvalue weighted by Gasteiger charge is 2.19. The minimum Gasteiger partial charge on any atom is -0.455 e. The molecular weight excluding hydrogens is 454 g/mol. The average Bonchev–Trinajstić information content (AvgIpc) is 3.34. The van der Waals surface area contributed by atoms with E-state index in [0.717, 1.165) is 61.5 Å². The molecule has 0 N–H and O–H groups in total. The fraction of sp³-hybridized carbons (Fsp3) is 0.0606. The van der Waals surface area contributed by atoms with E-state index in [4.69, 9.17) is 19.4 Å². The summed E-state index contributed by atoms with van der Waals surface area (Å²) in [6.45, 7) is 0.625. The summed E-state index contributed by atoms with van der Waals surface area (Å²) in [6.07, 6.45) is 0.728. The molecule has 1 aliphatic rings. The molecule has 37 heavy (non-hydrogen) atoms. The van der Waals surface area contributed by atoms with Crippen molar-refractivity contribution >= 4 is 50.1 Å². The highest BCUT2D eigenvalue weighted by Crippen LogP contribution is 2.36. The maximum Gasteiger partial charge on any atom is 0.162 e. The van der Waals surface area contributed by atoms with Gasteiger partial charge in [-0.1, -0.05) is 103 Å². The van der Waals surface area contributed by atoms with Crippen molar-refractivity contribution in [3.8, 4) is 0 Å². The van der Waals surface area contributed by atoms with Crippen LogP contribution in [-0.2, 0) is 0 Å². The molecular formula is C33H23N3O. The Labute approximate surface area is 214 Å². The van der Waals surface area contributed by atoms with Gasteiger partial charge in [0.2, 0.25) is 0 Å². The molecule has 0 atom stereocenters. The van der Waals surface area contributed by atoms with Gasteiger partial charge in [0.15, 0.2) is 11.7 Å². The molecule has 5 aromatic carbocycles. The lowest BCUT2D eigenvalue weighted by Gasteiger charge is -2.13. The molecule has 0 saturated heterocycles. The zero-order valence-electron chi connectivity index (χ0n) is 20.1. The van der Waals surface area contributed by atoms with Gasteiger partial charge in [-0.05, 0) is 23.1 Å². The first-order chi connectivity index (χ1) is 18.3. The Morgan fingerprint density at radius 3 is 2.16 bits per heavy atom. The predicted molar refractivity (Wildman–Crippen MR) is 153 cm³/mol. The Bertz CT molecular complexity index is 1860. The van der Waals surface area contributed by atoms with Gasteiger partial charge in [-0.3, -0.25) is 4.99 Å². The molecule has 1 aliphatic heterocycles. The minimum atomic E-state index is 0.625. The van der Waals surface area contributed by atoms with Crippen molar-refractivity contribution in [1.29, 1.82) is 0 Å². The van der Waals surface area contributed by atoms with Crippen molar-refractivity contribution in [1.82, 2.24) is 0 Å². The topological polar surface area (TPSA) is 50.2 Å². The third-order valence-corrected chi connectivity index (χ3v) is 6.83. The van der Waals surface area contributed by atoms with Gasteiger partial charge in [-0.2, -0.15) is 0 Å². The van der Waals surface area contributed by atoms with Gasteiger partial charge in [-0.25, -0.2) is 9.98 Å². The summed E-state index contributed by atoms with van der Waals surface area (Å²) in [4.78, 5) is 15.2. The lowest BCUT2D eigenvalue weighted by atomic mass is 10.0. The van der Waals surface area contributed by atoms with Gasteiger partial charge >= 0.3 is 0 Å². The summed E-state index contributed by atoms with van der Waals surface area (Å²) in [6, 6.07) is 39.2. The summed E-state index contributed by atoms with van der Waals surface area (Å²) in [5.41, 5.74) is 5.69. The lowest BCUT2D eigenvalue weighted by molar-refractivity contribution is 0.672. The molecule has 0 radical (unpaired) electrons. The van der Waals surface area contributed by atoms with Crippen LogP contribution in [0.5, 0.6) is 0 Å². The molecule has 0 aliphatic carbocycles. The normalized spacial score (nSPS) is 14.2. The first kappa shape index (κ1) is 21.5. The monoisotopic (exact) mass is 477 g/mol. The van der Waals surface area contributed by atoms with E-state index in [1.165, 1.54) is 0 Å². The molecule has 176 valence electrons. The third kappa shape index (κ3) is 3.83. The number of hydrogen-bond donors (Lipinski definition) is 0. The molecule has 4 nitrogen and oxygen atoms in total. The van der Waals surface area contributed by atoms with Crippen molar-refractivity contribution in [2.45, 2.75) is 6.42 Å². The summed E-state index contributed by atoms with van der Waals surface area (Å²) >= 11 is 0. The van der Waals surface area contributed by atoms with E-state index in [1.54, 1.807) is 0 Å². The van der Waals surface area contributed by atoms with Crippen LogP contribution in [0.3, 0.4) is 0 Å². The Morgan fingerprint density at radius 2 is 1.32 bits per heavy atom. The van der Waals surface area contributed by atoms with Gasteiger partial charge in [0, 0.05) is 40.3 Å². The second-order valence-electron chi connectivity index (χ2n) is 9.13. The van der Waals surface area contributed by atoms with E-state index in [-0.39, 0.29) is 0 Å². The van der Waals surface area contributed by atoms with Crippen LogP contribution in [0, 0.1) is 0 Å². The number of rotatable bonds is 3. The van der Waals surface area contributed by atoms with E-state index in [2.05, 4.69) is 48.5 Å². The Balaban J connectivity index is 1.51. The van der Waals surface area contributed by atoms with Crippen LogP contribution in [-0.4, -0.2) is 23.9 Å². The fourth-order valence-electron chi connectivity index (χ4n) is 5.06. The largest absolute Gasteiger partial charge is 0.455 e. The zero-order chi connectivity index (χ0) is 24.6. The van der Waals surface area contributed by atoms with Crippen LogP contribution in [0.15, 0.2) is 135 Å². The fourth-order valence-corrected chi connectivity index (χ4v) is 5.06. The number of hydrogen-bond acceptors (Lipinski definition) is 4. The van der Waals surface area contributed by atoms with Crippen LogP contribution in [0.25, 0.3) is 32.7 Å². The SMILES string of the molecule is c1ccc(C2=NC(c3cccc4oc5c6ccccc6ccc5c34)=NC(c3ccccc3)=NCC2)cc1. The molecule has 0 unspecified atom stereocenters. The summed E-state index contributed by atoms with van der Waals surface area (Å²) in [7, 11) is 0. The van der Waals surface area contributed by atoms with Crippen molar-refractivity contribution in [3.05, 3.63) is 132 Å². The standard InChI is InChI=1S/C33H23N3O/c1-3-11-23(12-4-1)28-20-21-34-32(24-13-5-2-6-14-24)36-33(35-28)27-16-9-17-29-30(27)26-19-18-22-10-7-8-15-25(22)31(26)37-29/h1-19H,20-21H2. The third-order valence-electron chi connectivity index (χ3n) is 6.83. The van der Waals surface area contributed by atoms with Crippen LogP contribution >= 0.6 is 0 Å². The highest BCUT2D eigenvalue weighted by atomic mass is 16.3. The Kier molecular flexibility index (Phi) is 5.21. The van der Waals surface area contributed by atoms with Crippen molar-refractivity contribution < 1.29 is 4.42 Å². The van der Waals surface area contributed by atoms with Crippen LogP contribution < -0.4 is 0 Å². The quantitative estimate of drug-likeness (QED) is 0.256. The van der Waals surface area contributed by atoms with Gasteiger partial charge in [0.05, 0.1) is 5.71 Å². The average molecular weight is 478 g/mol. The van der Waals surface area contributed by atoms with Crippen LogP contribution in [0.4, 0.5) is 0 Å². The van der Waals surface area contributed by atoms with Gasteiger partial charge < -0.3 is 4.42 Å². The first-order valence-corrected chi connectivity index (χ1v) is 12.5. The van der Waals surface area contributed by atoms with Crippen LogP contribution in [0.2, 0.25) is 0 Å². The maximum absolute atomic E-state index is 6.44. The number of aliphatic imine (C=N–C) groups is 3. The molecule has 2 heterocycles. The molecule has 7 rings (SSSR count). The number of fused-ring (bicyclic) bond motifs is 5. The number of amidine groups is 2. The van der Waals surface area contributed by atoms with E-state index in [1.807, 2.05) is 66.7 Å². The van der Waals surface area contributed by atoms with E-state index >= 15 is 0 Å². The smallest absolute Gasteiger partial charge is 0.162 e. The second kappa shape index (κ2) is 8.99. The van der Waals surface area contributed by atoms with E-state index in [0.29, 0.717) is 18.2 Å². The second-order valence-corrected chi connectivity index (χ2v) is 9.13. The number of benzene rings is 5. The predicted octanol–water partition coefficient (Wildman–Crippen LogP) is 7.83. The van der Waals surface area contributed by atoms with E-state index < -0.39 is 0 Å². The summed E-state index contributed by atoms with van der Waals surface area (Å²) < 4.78 is 6.44. The Morgan fingerprint density at radius 1 is 0.568 bits per heavy atom.